The largest absolute Gasteiger partial charge is 0.478 e. The smallest absolute Gasteiger partial charge is 0.336 e. The van der Waals surface area contributed by atoms with Crippen molar-refractivity contribution in [2.75, 3.05) is 0 Å². The summed E-state index contributed by atoms with van der Waals surface area (Å²) in [5, 5.41) is 9.96. The minimum absolute atomic E-state index is 0.00696. The van der Waals surface area contributed by atoms with Crippen molar-refractivity contribution in [3.63, 3.8) is 0 Å². The van der Waals surface area contributed by atoms with Crippen LogP contribution in [0.2, 0.25) is 5.02 Å². The molecule has 1 heterocycles. The van der Waals surface area contributed by atoms with Crippen LogP contribution in [0.1, 0.15) is 35.2 Å². The first-order valence-corrected chi connectivity index (χ1v) is 8.96. The quantitative estimate of drug-likeness (QED) is 0.833. The molecule has 0 amide bonds. The van der Waals surface area contributed by atoms with E-state index >= 15 is 0 Å². The summed E-state index contributed by atoms with van der Waals surface area (Å²) in [5.74, 6) is -1.14. The van der Waals surface area contributed by atoms with Gasteiger partial charge in [0.25, 0.3) is 0 Å². The van der Waals surface area contributed by atoms with Gasteiger partial charge in [0, 0.05) is 16.6 Å². The van der Waals surface area contributed by atoms with E-state index in [9.17, 15) is 18.3 Å². The lowest BCUT2D eigenvalue weighted by Crippen LogP contribution is -2.28. The number of aryl methyl sites for hydroxylation is 1. The Morgan fingerprint density at radius 2 is 2.13 bits per heavy atom. The van der Waals surface area contributed by atoms with Crippen molar-refractivity contribution in [3.05, 3.63) is 47.1 Å². The fourth-order valence-corrected chi connectivity index (χ4v) is 5.31. The Morgan fingerprint density at radius 1 is 1.48 bits per heavy atom. The van der Waals surface area contributed by atoms with Crippen LogP contribution >= 0.6 is 11.6 Å². The Bertz CT molecular complexity index is 939. The SMILES string of the molecule is C=CCC1(S(=O)(=O)n2cc(C)c3c(C(=O)O)cc(Cl)cc32)CC1. The molecule has 7 heteroatoms. The topological polar surface area (TPSA) is 76.4 Å². The highest BCUT2D eigenvalue weighted by molar-refractivity contribution is 7.91. The van der Waals surface area contributed by atoms with Gasteiger partial charge in [0.2, 0.25) is 10.0 Å². The van der Waals surface area contributed by atoms with Gasteiger partial charge in [-0.25, -0.2) is 17.2 Å². The van der Waals surface area contributed by atoms with Crippen LogP contribution in [-0.4, -0.2) is 28.2 Å². The summed E-state index contributed by atoms with van der Waals surface area (Å²) in [7, 11) is -3.66. The standard InChI is InChI=1S/C16H16ClNO4S/c1-3-4-16(5-6-16)23(21,22)18-9-10(2)14-12(15(19)20)7-11(17)8-13(14)18/h3,7-9H,1,4-6H2,2H3,(H,19,20). The number of allylic oxidation sites excluding steroid dienone is 1. The summed E-state index contributed by atoms with van der Waals surface area (Å²) in [6, 6.07) is 2.84. The van der Waals surface area contributed by atoms with Crippen LogP contribution in [-0.2, 0) is 10.0 Å². The summed E-state index contributed by atoms with van der Waals surface area (Å²) in [6.45, 7) is 5.34. The molecule has 1 aliphatic rings. The second-order valence-electron chi connectivity index (χ2n) is 5.94. The molecule has 1 aliphatic carbocycles. The number of rotatable bonds is 5. The van der Waals surface area contributed by atoms with Crippen LogP contribution in [0.5, 0.6) is 0 Å². The highest BCUT2D eigenvalue weighted by atomic mass is 35.5. The lowest BCUT2D eigenvalue weighted by molar-refractivity contribution is 0.0699. The number of fused-ring (bicyclic) bond motifs is 1. The van der Waals surface area contributed by atoms with Crippen molar-refractivity contribution >= 4 is 38.5 Å². The number of carboxylic acid groups (broad SMARTS) is 1. The number of carbonyl (C=O) groups is 1. The first kappa shape index (κ1) is 16.1. The maximum absolute atomic E-state index is 13.1. The number of aromatic carboxylic acids is 1. The molecule has 3 rings (SSSR count). The summed E-state index contributed by atoms with van der Waals surface area (Å²) in [5.41, 5.74) is 0.905. The molecular formula is C16H16ClNO4S. The van der Waals surface area contributed by atoms with Crippen molar-refractivity contribution in [3.8, 4) is 0 Å². The van der Waals surface area contributed by atoms with E-state index in [2.05, 4.69) is 6.58 Å². The molecule has 0 radical (unpaired) electrons. The zero-order chi connectivity index (χ0) is 17.0. The predicted octanol–water partition coefficient (Wildman–Crippen LogP) is 3.59. The number of nitrogens with zero attached hydrogens (tertiary/aromatic N) is 1. The molecule has 1 aromatic heterocycles. The van der Waals surface area contributed by atoms with Gasteiger partial charge in [0.15, 0.2) is 0 Å². The van der Waals surface area contributed by atoms with E-state index in [1.54, 1.807) is 13.0 Å². The summed E-state index contributed by atoms with van der Waals surface area (Å²) in [4.78, 5) is 11.5. The molecule has 0 atom stereocenters. The Kier molecular flexibility index (Phi) is 3.57. The van der Waals surface area contributed by atoms with E-state index in [4.69, 9.17) is 11.6 Å². The predicted molar refractivity (Wildman–Crippen MR) is 89.7 cm³/mol. The molecule has 0 unspecified atom stereocenters. The van der Waals surface area contributed by atoms with E-state index in [0.29, 0.717) is 35.7 Å². The molecule has 1 N–H and O–H groups in total. The summed E-state index contributed by atoms with van der Waals surface area (Å²) in [6.07, 6.45) is 4.62. The Balaban J connectivity index is 2.32. The monoisotopic (exact) mass is 353 g/mol. The zero-order valence-corrected chi connectivity index (χ0v) is 14.1. The number of hydrogen-bond donors (Lipinski definition) is 1. The number of aromatic nitrogens is 1. The molecule has 0 spiro atoms. The average molecular weight is 354 g/mol. The average Bonchev–Trinajstić information content (AvgIpc) is 3.18. The minimum atomic E-state index is -3.66. The molecular weight excluding hydrogens is 338 g/mol. The number of carboxylic acids is 1. The van der Waals surface area contributed by atoms with E-state index in [-0.39, 0.29) is 10.6 Å². The summed E-state index contributed by atoms with van der Waals surface area (Å²) >= 11 is 6.00. The Hall–Kier alpha value is -1.79. The van der Waals surface area contributed by atoms with Gasteiger partial charge >= 0.3 is 5.97 Å². The fourth-order valence-electron chi connectivity index (χ4n) is 3.04. The molecule has 1 fully saturated rings. The minimum Gasteiger partial charge on any atom is -0.478 e. The van der Waals surface area contributed by atoms with Gasteiger partial charge in [-0.1, -0.05) is 17.7 Å². The third-order valence-corrected chi connectivity index (χ3v) is 7.09. The molecule has 0 aliphatic heterocycles. The molecule has 122 valence electrons. The number of hydrogen-bond acceptors (Lipinski definition) is 3. The van der Waals surface area contributed by atoms with Crippen molar-refractivity contribution < 1.29 is 18.3 Å². The van der Waals surface area contributed by atoms with Gasteiger partial charge in [-0.15, -0.1) is 6.58 Å². The maximum atomic E-state index is 13.1. The molecule has 1 aromatic carbocycles. The van der Waals surface area contributed by atoms with Gasteiger partial charge in [-0.2, -0.15) is 0 Å². The first-order chi connectivity index (χ1) is 10.7. The second-order valence-corrected chi connectivity index (χ2v) is 8.59. The number of benzene rings is 1. The lowest BCUT2D eigenvalue weighted by atomic mass is 10.1. The van der Waals surface area contributed by atoms with Crippen LogP contribution < -0.4 is 0 Å². The highest BCUT2D eigenvalue weighted by Gasteiger charge is 2.54. The lowest BCUT2D eigenvalue weighted by Gasteiger charge is -2.16. The van der Waals surface area contributed by atoms with Crippen LogP contribution in [0.15, 0.2) is 31.0 Å². The van der Waals surface area contributed by atoms with Crippen molar-refractivity contribution in [1.29, 1.82) is 0 Å². The third kappa shape index (κ3) is 2.28. The van der Waals surface area contributed by atoms with Gasteiger partial charge in [0.05, 0.1) is 15.8 Å². The zero-order valence-electron chi connectivity index (χ0n) is 12.5. The molecule has 2 aromatic rings. The van der Waals surface area contributed by atoms with E-state index in [0.717, 1.165) is 0 Å². The molecule has 0 bridgehead atoms. The second kappa shape index (κ2) is 5.11. The normalized spacial score (nSPS) is 16.4. The molecule has 0 saturated heterocycles. The summed E-state index contributed by atoms with van der Waals surface area (Å²) < 4.78 is 26.5. The molecule has 1 saturated carbocycles. The van der Waals surface area contributed by atoms with Crippen LogP contribution in [0.4, 0.5) is 0 Å². The fraction of sp³-hybridized carbons (Fsp3) is 0.312. The van der Waals surface area contributed by atoms with Gasteiger partial charge in [-0.05, 0) is 43.9 Å². The van der Waals surface area contributed by atoms with E-state index in [1.165, 1.54) is 22.3 Å². The molecule has 5 nitrogen and oxygen atoms in total. The first-order valence-electron chi connectivity index (χ1n) is 7.14. The van der Waals surface area contributed by atoms with E-state index < -0.39 is 20.7 Å². The van der Waals surface area contributed by atoms with Gasteiger partial charge in [0.1, 0.15) is 0 Å². The van der Waals surface area contributed by atoms with Crippen molar-refractivity contribution in [1.82, 2.24) is 3.97 Å². The van der Waals surface area contributed by atoms with Crippen LogP contribution in [0, 0.1) is 6.92 Å². The maximum Gasteiger partial charge on any atom is 0.336 e. The van der Waals surface area contributed by atoms with Crippen molar-refractivity contribution in [2.24, 2.45) is 0 Å². The Labute approximate surface area is 139 Å². The third-order valence-electron chi connectivity index (χ3n) is 4.39. The van der Waals surface area contributed by atoms with Crippen molar-refractivity contribution in [2.45, 2.75) is 30.9 Å². The van der Waals surface area contributed by atoms with E-state index in [1.807, 2.05) is 0 Å². The van der Waals surface area contributed by atoms with Crippen LogP contribution in [0.3, 0.4) is 0 Å². The highest BCUT2D eigenvalue weighted by Crippen LogP contribution is 2.48. The van der Waals surface area contributed by atoms with Gasteiger partial charge in [-0.3, -0.25) is 0 Å². The number of halogens is 1. The molecule has 23 heavy (non-hydrogen) atoms. The Morgan fingerprint density at radius 3 is 2.65 bits per heavy atom. The van der Waals surface area contributed by atoms with Gasteiger partial charge < -0.3 is 5.11 Å². The van der Waals surface area contributed by atoms with Crippen LogP contribution in [0.25, 0.3) is 10.9 Å².